The summed E-state index contributed by atoms with van der Waals surface area (Å²) >= 11 is 0. The lowest BCUT2D eigenvalue weighted by molar-refractivity contribution is -0.173. The molecule has 2 aliphatic rings. The van der Waals surface area contributed by atoms with Crippen LogP contribution in [-0.2, 0) is 4.74 Å². The summed E-state index contributed by atoms with van der Waals surface area (Å²) in [7, 11) is 0. The van der Waals surface area contributed by atoms with Crippen molar-refractivity contribution in [2.24, 2.45) is 5.92 Å². The first-order chi connectivity index (χ1) is 7.05. The first-order valence-corrected chi connectivity index (χ1v) is 6.46. The minimum atomic E-state index is 0.0523. The number of ether oxygens (including phenoxy) is 1. The second kappa shape index (κ2) is 4.06. The van der Waals surface area contributed by atoms with Crippen LogP contribution in [0.3, 0.4) is 0 Å². The molecule has 0 aromatic carbocycles. The Hall–Kier alpha value is -0.0800. The molecule has 15 heavy (non-hydrogen) atoms. The molecule has 1 N–H and O–H groups in total. The summed E-state index contributed by atoms with van der Waals surface area (Å²) in [4.78, 5) is 0. The van der Waals surface area contributed by atoms with E-state index in [0.717, 1.165) is 25.4 Å². The molecule has 2 atom stereocenters. The van der Waals surface area contributed by atoms with Crippen LogP contribution >= 0.6 is 0 Å². The highest BCUT2D eigenvalue weighted by Crippen LogP contribution is 2.38. The second-order valence-corrected chi connectivity index (χ2v) is 5.96. The van der Waals surface area contributed by atoms with E-state index >= 15 is 0 Å². The number of nitrogens with one attached hydrogen (secondary N) is 1. The smallest absolute Gasteiger partial charge is 0.0789 e. The number of morpholine rings is 1. The Morgan fingerprint density at radius 3 is 2.40 bits per heavy atom. The molecule has 2 nitrogen and oxygen atoms in total. The first kappa shape index (κ1) is 11.4. The monoisotopic (exact) mass is 211 g/mol. The Labute approximate surface area is 93.8 Å². The van der Waals surface area contributed by atoms with Crippen LogP contribution in [0.2, 0.25) is 0 Å². The van der Waals surface area contributed by atoms with Crippen molar-refractivity contribution in [3.63, 3.8) is 0 Å². The number of rotatable bonds is 3. The molecule has 88 valence electrons. The molecule has 1 saturated carbocycles. The summed E-state index contributed by atoms with van der Waals surface area (Å²) in [5.74, 6) is 0.927. The van der Waals surface area contributed by atoms with Crippen LogP contribution in [0, 0.1) is 5.92 Å². The third kappa shape index (κ3) is 2.54. The molecule has 2 heteroatoms. The van der Waals surface area contributed by atoms with Crippen molar-refractivity contribution < 1.29 is 4.74 Å². The maximum absolute atomic E-state index is 6.35. The molecule has 0 aromatic heterocycles. The van der Waals surface area contributed by atoms with Gasteiger partial charge in [-0.2, -0.15) is 0 Å². The zero-order valence-electron chi connectivity index (χ0n) is 10.4. The predicted octanol–water partition coefficient (Wildman–Crippen LogP) is 2.72. The molecule has 0 radical (unpaired) electrons. The van der Waals surface area contributed by atoms with Crippen molar-refractivity contribution in [2.75, 3.05) is 13.1 Å². The van der Waals surface area contributed by atoms with E-state index in [1.807, 2.05) is 0 Å². The van der Waals surface area contributed by atoms with E-state index in [2.05, 4.69) is 26.1 Å². The molecular weight excluding hydrogens is 186 g/mol. The molecule has 1 aliphatic carbocycles. The molecule has 1 saturated heterocycles. The summed E-state index contributed by atoms with van der Waals surface area (Å²) in [5.41, 5.74) is 0.130. The Kier molecular flexibility index (Phi) is 3.09. The standard InChI is InChI=1S/C13H25NO/c1-4-12(2)9-14-10-13(3,15-12)8-11-6-5-7-11/h11,14H,4-10H2,1-3H3. The largest absolute Gasteiger partial charge is 0.366 e. The van der Waals surface area contributed by atoms with Crippen molar-refractivity contribution in [2.45, 2.75) is 64.1 Å². The lowest BCUT2D eigenvalue weighted by Crippen LogP contribution is -2.58. The lowest BCUT2D eigenvalue weighted by atomic mass is 9.77. The number of hydrogen-bond donors (Lipinski definition) is 1. The molecule has 1 heterocycles. The van der Waals surface area contributed by atoms with E-state index < -0.39 is 0 Å². The average molecular weight is 211 g/mol. The van der Waals surface area contributed by atoms with Gasteiger partial charge in [-0.05, 0) is 32.6 Å². The van der Waals surface area contributed by atoms with Crippen LogP contribution in [-0.4, -0.2) is 24.3 Å². The highest BCUT2D eigenvalue weighted by atomic mass is 16.5. The van der Waals surface area contributed by atoms with Gasteiger partial charge >= 0.3 is 0 Å². The quantitative estimate of drug-likeness (QED) is 0.775. The van der Waals surface area contributed by atoms with Gasteiger partial charge in [0.1, 0.15) is 0 Å². The second-order valence-electron chi connectivity index (χ2n) is 5.96. The molecule has 2 rings (SSSR count). The Morgan fingerprint density at radius 1 is 1.20 bits per heavy atom. The summed E-state index contributed by atoms with van der Waals surface area (Å²) < 4.78 is 6.35. The fourth-order valence-electron chi connectivity index (χ4n) is 2.88. The van der Waals surface area contributed by atoms with E-state index in [1.165, 1.54) is 25.7 Å². The third-order valence-corrected chi connectivity index (χ3v) is 4.18. The molecule has 0 amide bonds. The molecule has 1 aliphatic heterocycles. The van der Waals surface area contributed by atoms with Crippen LogP contribution in [0.1, 0.15) is 52.9 Å². The van der Waals surface area contributed by atoms with Gasteiger partial charge < -0.3 is 10.1 Å². The highest BCUT2D eigenvalue weighted by Gasteiger charge is 2.40. The zero-order chi connectivity index (χ0) is 10.9. The van der Waals surface area contributed by atoms with Gasteiger partial charge in [-0.25, -0.2) is 0 Å². The molecule has 0 bridgehead atoms. The van der Waals surface area contributed by atoms with Crippen molar-refractivity contribution in [3.8, 4) is 0 Å². The fourth-order valence-corrected chi connectivity index (χ4v) is 2.88. The Morgan fingerprint density at radius 2 is 1.87 bits per heavy atom. The normalized spacial score (nSPS) is 42.6. The van der Waals surface area contributed by atoms with Crippen molar-refractivity contribution in [1.82, 2.24) is 5.32 Å². The van der Waals surface area contributed by atoms with E-state index in [-0.39, 0.29) is 11.2 Å². The highest BCUT2D eigenvalue weighted by molar-refractivity contribution is 4.93. The summed E-state index contributed by atoms with van der Waals surface area (Å²) in [5, 5.41) is 3.55. The van der Waals surface area contributed by atoms with E-state index in [1.54, 1.807) is 0 Å². The van der Waals surface area contributed by atoms with E-state index in [4.69, 9.17) is 4.74 Å². The predicted molar refractivity (Wildman–Crippen MR) is 63.0 cm³/mol. The van der Waals surface area contributed by atoms with Crippen LogP contribution in [0.4, 0.5) is 0 Å². The zero-order valence-corrected chi connectivity index (χ0v) is 10.4. The lowest BCUT2D eigenvalue weighted by Gasteiger charge is -2.47. The van der Waals surface area contributed by atoms with Crippen molar-refractivity contribution in [3.05, 3.63) is 0 Å². The van der Waals surface area contributed by atoms with Gasteiger partial charge in [-0.15, -0.1) is 0 Å². The van der Waals surface area contributed by atoms with E-state index in [9.17, 15) is 0 Å². The van der Waals surface area contributed by atoms with Gasteiger partial charge in [0.2, 0.25) is 0 Å². The summed E-state index contributed by atoms with van der Waals surface area (Å²) in [6.45, 7) is 8.77. The third-order valence-electron chi connectivity index (χ3n) is 4.18. The SMILES string of the molecule is CCC1(C)CNCC(C)(CC2CCC2)O1. The van der Waals surface area contributed by atoms with Gasteiger partial charge in [0, 0.05) is 13.1 Å². The van der Waals surface area contributed by atoms with Crippen molar-refractivity contribution >= 4 is 0 Å². The minimum absolute atomic E-state index is 0.0523. The first-order valence-electron chi connectivity index (χ1n) is 6.46. The van der Waals surface area contributed by atoms with Gasteiger partial charge in [0.05, 0.1) is 11.2 Å². The topological polar surface area (TPSA) is 21.3 Å². The fraction of sp³-hybridized carbons (Fsp3) is 1.00. The molecule has 2 unspecified atom stereocenters. The molecular formula is C13H25NO. The Bertz CT molecular complexity index is 227. The average Bonchev–Trinajstić information content (AvgIpc) is 2.12. The van der Waals surface area contributed by atoms with Crippen LogP contribution in [0.5, 0.6) is 0 Å². The number of hydrogen-bond acceptors (Lipinski definition) is 2. The van der Waals surface area contributed by atoms with Gasteiger partial charge in [0.25, 0.3) is 0 Å². The van der Waals surface area contributed by atoms with Crippen LogP contribution in [0.25, 0.3) is 0 Å². The molecule has 2 fully saturated rings. The molecule has 0 aromatic rings. The maximum atomic E-state index is 6.35. The summed E-state index contributed by atoms with van der Waals surface area (Å²) in [6.07, 6.45) is 6.61. The van der Waals surface area contributed by atoms with Crippen molar-refractivity contribution in [1.29, 1.82) is 0 Å². The van der Waals surface area contributed by atoms with Crippen LogP contribution < -0.4 is 5.32 Å². The Balaban J connectivity index is 1.94. The van der Waals surface area contributed by atoms with Gasteiger partial charge in [-0.1, -0.05) is 26.2 Å². The van der Waals surface area contributed by atoms with Crippen LogP contribution in [0.15, 0.2) is 0 Å². The maximum Gasteiger partial charge on any atom is 0.0789 e. The summed E-state index contributed by atoms with van der Waals surface area (Å²) in [6, 6.07) is 0. The minimum Gasteiger partial charge on any atom is -0.366 e. The van der Waals surface area contributed by atoms with Gasteiger partial charge in [0.15, 0.2) is 0 Å². The van der Waals surface area contributed by atoms with Gasteiger partial charge in [-0.3, -0.25) is 0 Å². The van der Waals surface area contributed by atoms with E-state index in [0.29, 0.717) is 0 Å². The molecule has 0 spiro atoms.